The van der Waals surface area contributed by atoms with Crippen LogP contribution < -0.4 is 4.72 Å². The van der Waals surface area contributed by atoms with E-state index in [2.05, 4.69) is 9.82 Å². The number of sulfonamides is 1. The lowest BCUT2D eigenvalue weighted by molar-refractivity contribution is 0.0662. The number of halogens is 1. The molecular formula is C15H18ClN3O3S. The monoisotopic (exact) mass is 355 g/mol. The van der Waals surface area contributed by atoms with E-state index in [1.165, 1.54) is 12.3 Å². The first-order chi connectivity index (χ1) is 11.0. The van der Waals surface area contributed by atoms with Crippen molar-refractivity contribution in [2.75, 3.05) is 17.9 Å². The van der Waals surface area contributed by atoms with Crippen LogP contribution in [0.2, 0.25) is 5.02 Å². The molecule has 8 heteroatoms. The van der Waals surface area contributed by atoms with Crippen LogP contribution in [0.5, 0.6) is 0 Å². The van der Waals surface area contributed by atoms with Gasteiger partial charge in [0.15, 0.2) is 0 Å². The molecule has 0 spiro atoms. The molecule has 0 saturated carbocycles. The first-order valence-corrected chi connectivity index (χ1v) is 9.23. The summed E-state index contributed by atoms with van der Waals surface area (Å²) >= 11 is 5.91. The van der Waals surface area contributed by atoms with Gasteiger partial charge >= 0.3 is 0 Å². The van der Waals surface area contributed by atoms with Crippen LogP contribution in [0, 0.1) is 6.92 Å². The zero-order valence-electron chi connectivity index (χ0n) is 12.7. The first kappa shape index (κ1) is 16.3. The molecule has 0 unspecified atom stereocenters. The van der Waals surface area contributed by atoms with E-state index in [0.717, 1.165) is 12.8 Å². The van der Waals surface area contributed by atoms with Gasteiger partial charge in [0.25, 0.3) is 10.0 Å². The minimum absolute atomic E-state index is 0.170. The van der Waals surface area contributed by atoms with Gasteiger partial charge in [-0.25, -0.2) is 8.42 Å². The lowest BCUT2D eigenvalue weighted by Crippen LogP contribution is -2.20. The van der Waals surface area contributed by atoms with E-state index in [0.29, 0.717) is 29.5 Å². The average Bonchev–Trinajstić information content (AvgIpc) is 2.98. The molecule has 1 N–H and O–H groups in total. The van der Waals surface area contributed by atoms with Crippen molar-refractivity contribution in [3.8, 4) is 0 Å². The molecule has 1 aromatic carbocycles. The van der Waals surface area contributed by atoms with E-state index in [4.69, 9.17) is 16.3 Å². The summed E-state index contributed by atoms with van der Waals surface area (Å²) in [5, 5.41) is 4.65. The Balaban J connectivity index is 1.81. The summed E-state index contributed by atoms with van der Waals surface area (Å²) in [4.78, 5) is 0.170. The Morgan fingerprint density at radius 1 is 1.35 bits per heavy atom. The third kappa shape index (κ3) is 3.68. The average molecular weight is 356 g/mol. The summed E-state index contributed by atoms with van der Waals surface area (Å²) < 4.78 is 34.8. The van der Waals surface area contributed by atoms with Gasteiger partial charge in [-0.3, -0.25) is 9.40 Å². The first-order valence-electron chi connectivity index (χ1n) is 7.36. The molecule has 1 saturated heterocycles. The smallest absolute Gasteiger partial charge is 0.262 e. The highest BCUT2D eigenvalue weighted by molar-refractivity contribution is 7.92. The zero-order chi connectivity index (χ0) is 16.4. The van der Waals surface area contributed by atoms with E-state index in [1.807, 2.05) is 0 Å². The SMILES string of the molecule is Cc1ccc(Cl)cc1S(=O)(=O)Nc1cnn(C2CCOCC2)c1. The van der Waals surface area contributed by atoms with Crippen LogP contribution >= 0.6 is 11.6 Å². The Morgan fingerprint density at radius 2 is 2.09 bits per heavy atom. The van der Waals surface area contributed by atoms with Crippen molar-refractivity contribution in [1.29, 1.82) is 0 Å². The van der Waals surface area contributed by atoms with E-state index < -0.39 is 10.0 Å². The summed E-state index contributed by atoms with van der Waals surface area (Å²) in [5.41, 5.74) is 1.08. The molecule has 2 aromatic rings. The van der Waals surface area contributed by atoms with Crippen LogP contribution in [0.25, 0.3) is 0 Å². The fraction of sp³-hybridized carbons (Fsp3) is 0.400. The van der Waals surface area contributed by atoms with Gasteiger partial charge in [-0.1, -0.05) is 17.7 Å². The summed E-state index contributed by atoms with van der Waals surface area (Å²) in [6.07, 6.45) is 4.99. The topological polar surface area (TPSA) is 73.2 Å². The fourth-order valence-electron chi connectivity index (χ4n) is 2.61. The number of hydrogen-bond donors (Lipinski definition) is 1. The maximum atomic E-state index is 12.5. The zero-order valence-corrected chi connectivity index (χ0v) is 14.3. The van der Waals surface area contributed by atoms with Crippen LogP contribution in [-0.4, -0.2) is 31.4 Å². The molecule has 124 valence electrons. The van der Waals surface area contributed by atoms with Crippen molar-refractivity contribution in [2.45, 2.75) is 30.7 Å². The summed E-state index contributed by atoms with van der Waals surface area (Å²) in [6, 6.07) is 5.04. The van der Waals surface area contributed by atoms with Crippen molar-refractivity contribution >= 4 is 27.3 Å². The van der Waals surface area contributed by atoms with Crippen LogP contribution in [0.15, 0.2) is 35.5 Å². The molecule has 6 nitrogen and oxygen atoms in total. The van der Waals surface area contributed by atoms with E-state index in [1.54, 1.807) is 29.9 Å². The molecule has 0 amide bonds. The van der Waals surface area contributed by atoms with Gasteiger partial charge in [0.05, 0.1) is 22.8 Å². The van der Waals surface area contributed by atoms with Gasteiger partial charge in [-0.15, -0.1) is 0 Å². The molecule has 0 aliphatic carbocycles. The molecule has 1 fully saturated rings. The maximum absolute atomic E-state index is 12.5. The van der Waals surface area contributed by atoms with Gasteiger partial charge in [-0.05, 0) is 37.5 Å². The maximum Gasteiger partial charge on any atom is 0.262 e. The van der Waals surface area contributed by atoms with Gasteiger partial charge in [0.1, 0.15) is 0 Å². The van der Waals surface area contributed by atoms with Crippen molar-refractivity contribution in [2.24, 2.45) is 0 Å². The Labute approximate surface area is 140 Å². The second kappa shape index (κ2) is 6.51. The molecule has 1 aromatic heterocycles. The summed E-state index contributed by atoms with van der Waals surface area (Å²) in [6.45, 7) is 3.14. The number of hydrogen-bond acceptors (Lipinski definition) is 4. The molecule has 1 aliphatic heterocycles. The predicted octanol–water partition coefficient (Wildman–Crippen LogP) is 3.00. The second-order valence-electron chi connectivity index (χ2n) is 5.57. The van der Waals surface area contributed by atoms with Gasteiger partial charge in [0, 0.05) is 24.4 Å². The molecule has 1 aliphatic rings. The number of aryl methyl sites for hydroxylation is 1. The standard InChI is InChI=1S/C15H18ClN3O3S/c1-11-2-3-12(16)8-15(11)23(20,21)18-13-9-17-19(10-13)14-4-6-22-7-5-14/h2-3,8-10,14,18H,4-7H2,1H3. The molecule has 0 atom stereocenters. The summed E-state index contributed by atoms with van der Waals surface area (Å²) in [7, 11) is -3.70. The highest BCUT2D eigenvalue weighted by atomic mass is 35.5. The van der Waals surface area contributed by atoms with Gasteiger partial charge in [-0.2, -0.15) is 5.10 Å². The lowest BCUT2D eigenvalue weighted by atomic mass is 10.1. The van der Waals surface area contributed by atoms with Gasteiger partial charge < -0.3 is 4.74 Å². The quantitative estimate of drug-likeness (QED) is 0.915. The third-order valence-electron chi connectivity index (χ3n) is 3.86. The van der Waals surface area contributed by atoms with Crippen molar-refractivity contribution < 1.29 is 13.2 Å². The number of nitrogens with zero attached hydrogens (tertiary/aromatic N) is 2. The van der Waals surface area contributed by atoms with Gasteiger partial charge in [0.2, 0.25) is 0 Å². The molecule has 23 heavy (non-hydrogen) atoms. The lowest BCUT2D eigenvalue weighted by Gasteiger charge is -2.22. The molecule has 3 rings (SSSR count). The van der Waals surface area contributed by atoms with E-state index in [-0.39, 0.29) is 10.9 Å². The largest absolute Gasteiger partial charge is 0.381 e. The number of rotatable bonds is 4. The normalized spacial score (nSPS) is 16.4. The molecular weight excluding hydrogens is 338 g/mol. The van der Waals surface area contributed by atoms with Crippen LogP contribution in [0.4, 0.5) is 5.69 Å². The Bertz CT molecular complexity index is 798. The molecule has 2 heterocycles. The minimum atomic E-state index is -3.70. The van der Waals surface area contributed by atoms with Crippen LogP contribution in [0.1, 0.15) is 24.4 Å². The Morgan fingerprint density at radius 3 is 2.83 bits per heavy atom. The Kier molecular flexibility index (Phi) is 4.61. The fourth-order valence-corrected chi connectivity index (χ4v) is 4.15. The van der Waals surface area contributed by atoms with E-state index >= 15 is 0 Å². The number of ether oxygens (including phenoxy) is 1. The van der Waals surface area contributed by atoms with Crippen LogP contribution in [0.3, 0.4) is 0 Å². The third-order valence-corrected chi connectivity index (χ3v) is 5.62. The molecule has 0 radical (unpaired) electrons. The van der Waals surface area contributed by atoms with E-state index in [9.17, 15) is 8.42 Å². The van der Waals surface area contributed by atoms with Crippen molar-refractivity contribution in [3.63, 3.8) is 0 Å². The summed E-state index contributed by atoms with van der Waals surface area (Å²) in [5.74, 6) is 0. The van der Waals surface area contributed by atoms with Crippen molar-refractivity contribution in [3.05, 3.63) is 41.2 Å². The predicted molar refractivity (Wildman–Crippen MR) is 88.3 cm³/mol. The second-order valence-corrected chi connectivity index (χ2v) is 7.66. The minimum Gasteiger partial charge on any atom is -0.381 e. The van der Waals surface area contributed by atoms with Crippen molar-refractivity contribution in [1.82, 2.24) is 9.78 Å². The number of aromatic nitrogens is 2. The number of nitrogens with one attached hydrogen (secondary N) is 1. The number of anilines is 1. The number of benzene rings is 1. The Hall–Kier alpha value is -1.57. The highest BCUT2D eigenvalue weighted by Crippen LogP contribution is 2.25. The molecule has 0 bridgehead atoms. The van der Waals surface area contributed by atoms with Crippen LogP contribution in [-0.2, 0) is 14.8 Å². The highest BCUT2D eigenvalue weighted by Gasteiger charge is 2.20.